The molecule has 0 spiro atoms. The molecular weight excluding hydrogens is 382 g/mol. The van der Waals surface area contributed by atoms with Gasteiger partial charge in [0.1, 0.15) is 5.82 Å². The predicted octanol–water partition coefficient (Wildman–Crippen LogP) is 2.71. The minimum atomic E-state index is -1.20. The van der Waals surface area contributed by atoms with E-state index in [0.717, 1.165) is 5.56 Å². The molecule has 1 aliphatic heterocycles. The first-order chi connectivity index (χ1) is 14.5. The number of allylic oxidation sites excluding steroid dienone is 1. The fourth-order valence-electron chi connectivity index (χ4n) is 3.95. The molecule has 30 heavy (non-hydrogen) atoms. The Hall–Kier alpha value is -3.42. The number of aromatic nitrogens is 2. The normalized spacial score (nSPS) is 16.7. The number of aliphatic hydroxyl groups excluding tert-OH is 1. The van der Waals surface area contributed by atoms with E-state index in [-0.39, 0.29) is 0 Å². The molecule has 3 N–H and O–H groups in total. The Morgan fingerprint density at radius 1 is 1.07 bits per heavy atom. The highest BCUT2D eigenvalue weighted by Crippen LogP contribution is 2.41. The van der Waals surface area contributed by atoms with Crippen molar-refractivity contribution in [2.45, 2.75) is 26.1 Å². The minimum absolute atomic E-state index is 0.312. The van der Waals surface area contributed by atoms with E-state index in [0.29, 0.717) is 34.9 Å². The van der Waals surface area contributed by atoms with E-state index in [4.69, 9.17) is 4.74 Å². The van der Waals surface area contributed by atoms with Crippen LogP contribution in [0.15, 0.2) is 81.5 Å². The summed E-state index contributed by atoms with van der Waals surface area (Å²) in [6.45, 7) is 3.91. The number of rotatable bonds is 5. The van der Waals surface area contributed by atoms with Gasteiger partial charge in [0.15, 0.2) is 6.29 Å². The van der Waals surface area contributed by atoms with Gasteiger partial charge < -0.3 is 15.2 Å². The Kier molecular flexibility index (Phi) is 5.39. The topological polar surface area (TPSA) is 96.3 Å². The van der Waals surface area contributed by atoms with Crippen LogP contribution in [0.4, 0.5) is 5.82 Å². The molecule has 2 heterocycles. The van der Waals surface area contributed by atoms with Crippen molar-refractivity contribution >= 4 is 5.82 Å². The van der Waals surface area contributed by atoms with Gasteiger partial charge in [0.2, 0.25) is 0 Å². The number of benzene rings is 2. The maximum absolute atomic E-state index is 13.0. The highest BCUT2D eigenvalue weighted by molar-refractivity contribution is 5.64. The number of fused-ring (bicyclic) bond motifs is 1. The van der Waals surface area contributed by atoms with Crippen LogP contribution < -0.4 is 16.6 Å². The molecule has 0 saturated heterocycles. The predicted molar refractivity (Wildman–Crippen MR) is 115 cm³/mol. The Bertz CT molecular complexity index is 1200. The number of para-hydroxylation sites is 1. The molecule has 0 radical (unpaired) electrons. The number of aromatic amines is 1. The fourth-order valence-corrected chi connectivity index (χ4v) is 3.95. The first-order valence-corrected chi connectivity index (χ1v) is 9.79. The highest BCUT2D eigenvalue weighted by Gasteiger charge is 2.36. The molecule has 154 valence electrons. The van der Waals surface area contributed by atoms with Gasteiger partial charge in [0.25, 0.3) is 5.56 Å². The van der Waals surface area contributed by atoms with E-state index in [1.165, 1.54) is 4.57 Å². The van der Waals surface area contributed by atoms with Crippen molar-refractivity contribution in [2.75, 3.05) is 11.9 Å². The molecule has 4 rings (SSSR count). The lowest BCUT2D eigenvalue weighted by Crippen LogP contribution is -2.39. The molecule has 2 aromatic carbocycles. The van der Waals surface area contributed by atoms with E-state index >= 15 is 0 Å². The lowest BCUT2D eigenvalue weighted by Gasteiger charge is -2.33. The zero-order valence-corrected chi connectivity index (χ0v) is 16.8. The first kappa shape index (κ1) is 19.9. The molecule has 7 heteroatoms. The summed E-state index contributed by atoms with van der Waals surface area (Å²) in [4.78, 5) is 28.2. The highest BCUT2D eigenvalue weighted by atomic mass is 16.6. The second-order valence-corrected chi connectivity index (χ2v) is 7.05. The van der Waals surface area contributed by atoms with Crippen molar-refractivity contribution < 1.29 is 9.84 Å². The largest absolute Gasteiger partial charge is 0.364 e. The zero-order chi connectivity index (χ0) is 21.3. The van der Waals surface area contributed by atoms with Crippen LogP contribution in [0.2, 0.25) is 0 Å². The number of anilines is 1. The van der Waals surface area contributed by atoms with Crippen LogP contribution in [0.3, 0.4) is 0 Å². The van der Waals surface area contributed by atoms with Crippen LogP contribution in [-0.2, 0) is 4.74 Å². The van der Waals surface area contributed by atoms with E-state index in [2.05, 4.69) is 10.3 Å². The molecule has 1 aromatic heterocycles. The van der Waals surface area contributed by atoms with Crippen molar-refractivity contribution in [3.05, 3.63) is 104 Å². The van der Waals surface area contributed by atoms with Crippen LogP contribution in [-0.4, -0.2) is 27.6 Å². The number of nitrogens with one attached hydrogen (secondary N) is 2. The molecule has 0 aliphatic carbocycles. The van der Waals surface area contributed by atoms with Gasteiger partial charge in [-0.15, -0.1) is 0 Å². The molecule has 0 fully saturated rings. The number of aliphatic hydroxyl groups is 1. The summed E-state index contributed by atoms with van der Waals surface area (Å²) >= 11 is 0. The van der Waals surface area contributed by atoms with Gasteiger partial charge in [-0.05, 0) is 31.5 Å². The maximum atomic E-state index is 13.0. The van der Waals surface area contributed by atoms with Crippen LogP contribution in [0.1, 0.15) is 30.9 Å². The standard InChI is InChI=1S/C23H23N3O4/c1-3-30-22(28)17-14(2)24-20-19(18(17)15-10-6-4-7-11-15)21(27)25-23(29)26(20)16-12-8-5-9-13-16/h4-13,18,22,24,28H,3H2,1-2H3,(H,25,27,29). The van der Waals surface area contributed by atoms with Gasteiger partial charge in [0, 0.05) is 23.8 Å². The van der Waals surface area contributed by atoms with Gasteiger partial charge in [-0.2, -0.15) is 0 Å². The Morgan fingerprint density at radius 2 is 1.70 bits per heavy atom. The summed E-state index contributed by atoms with van der Waals surface area (Å²) in [6.07, 6.45) is -1.20. The number of H-pyrrole nitrogens is 1. The van der Waals surface area contributed by atoms with Crippen LogP contribution in [0.25, 0.3) is 5.69 Å². The minimum Gasteiger partial charge on any atom is -0.364 e. The number of hydrogen-bond acceptors (Lipinski definition) is 5. The third-order valence-electron chi connectivity index (χ3n) is 5.22. The second kappa shape index (κ2) is 8.14. The number of ether oxygens (including phenoxy) is 1. The molecule has 0 saturated carbocycles. The monoisotopic (exact) mass is 405 g/mol. The van der Waals surface area contributed by atoms with Crippen LogP contribution >= 0.6 is 0 Å². The average molecular weight is 405 g/mol. The quantitative estimate of drug-likeness (QED) is 0.567. The van der Waals surface area contributed by atoms with Crippen molar-refractivity contribution in [1.29, 1.82) is 0 Å². The molecular formula is C23H23N3O4. The van der Waals surface area contributed by atoms with Crippen LogP contribution in [0.5, 0.6) is 0 Å². The summed E-state index contributed by atoms with van der Waals surface area (Å²) in [5.74, 6) is -0.197. The van der Waals surface area contributed by atoms with Crippen molar-refractivity contribution in [2.24, 2.45) is 0 Å². The van der Waals surface area contributed by atoms with Crippen molar-refractivity contribution in [3.63, 3.8) is 0 Å². The number of hydrogen-bond donors (Lipinski definition) is 3. The average Bonchev–Trinajstić information content (AvgIpc) is 2.74. The van der Waals surface area contributed by atoms with E-state index in [1.54, 1.807) is 26.0 Å². The van der Waals surface area contributed by atoms with Gasteiger partial charge in [-0.25, -0.2) is 9.36 Å². The molecule has 7 nitrogen and oxygen atoms in total. The van der Waals surface area contributed by atoms with Crippen molar-refractivity contribution in [3.8, 4) is 5.69 Å². The van der Waals surface area contributed by atoms with Gasteiger partial charge in [-0.3, -0.25) is 9.78 Å². The summed E-state index contributed by atoms with van der Waals surface area (Å²) in [7, 11) is 0. The summed E-state index contributed by atoms with van der Waals surface area (Å²) in [5, 5.41) is 13.9. The summed E-state index contributed by atoms with van der Waals surface area (Å²) in [5.41, 5.74) is 1.92. The molecule has 0 amide bonds. The smallest absolute Gasteiger partial charge is 0.334 e. The van der Waals surface area contributed by atoms with E-state index in [9.17, 15) is 14.7 Å². The SMILES string of the molecule is CCOC(O)C1=C(C)Nc2c(c(=O)[nH]c(=O)n2-c2ccccc2)C1c1ccccc1. The van der Waals surface area contributed by atoms with Crippen molar-refractivity contribution in [1.82, 2.24) is 9.55 Å². The van der Waals surface area contributed by atoms with E-state index in [1.807, 2.05) is 48.5 Å². The van der Waals surface area contributed by atoms with Gasteiger partial charge in [-0.1, -0.05) is 48.5 Å². The summed E-state index contributed by atoms with van der Waals surface area (Å²) in [6, 6.07) is 18.5. The van der Waals surface area contributed by atoms with Gasteiger partial charge >= 0.3 is 5.69 Å². The fraction of sp³-hybridized carbons (Fsp3) is 0.217. The molecule has 0 bridgehead atoms. The van der Waals surface area contributed by atoms with E-state index < -0.39 is 23.5 Å². The lowest BCUT2D eigenvalue weighted by molar-refractivity contribution is -0.0702. The van der Waals surface area contributed by atoms with Crippen LogP contribution in [0, 0.1) is 0 Å². The Labute approximate surface area is 173 Å². The first-order valence-electron chi connectivity index (χ1n) is 9.79. The van der Waals surface area contributed by atoms with Gasteiger partial charge in [0.05, 0.1) is 11.3 Å². The third kappa shape index (κ3) is 3.38. The molecule has 1 aliphatic rings. The second-order valence-electron chi connectivity index (χ2n) is 7.05. The Morgan fingerprint density at radius 3 is 2.33 bits per heavy atom. The molecule has 3 aromatic rings. The molecule has 2 unspecified atom stereocenters. The Balaban J connectivity index is 2.04. The molecule has 2 atom stereocenters. The lowest BCUT2D eigenvalue weighted by atomic mass is 9.82. The third-order valence-corrected chi connectivity index (χ3v) is 5.22. The zero-order valence-electron chi connectivity index (χ0n) is 16.8. The maximum Gasteiger partial charge on any atom is 0.334 e. The number of nitrogens with zero attached hydrogens (tertiary/aromatic N) is 1. The summed E-state index contributed by atoms with van der Waals surface area (Å²) < 4.78 is 6.92.